The van der Waals surface area contributed by atoms with Gasteiger partial charge in [-0.1, -0.05) is 0 Å². The molecule has 1 unspecified atom stereocenters. The van der Waals surface area contributed by atoms with E-state index in [2.05, 4.69) is 10.3 Å². The highest BCUT2D eigenvalue weighted by molar-refractivity contribution is 7.14. The standard InChI is InChI=1S/C19H14FN3O2S/c1-12(25-16-8-2-13(10-21)3-9-16)18(24)23-19-22-17(11-26-19)14-4-6-15(20)7-5-14/h2-9,11-12H,1H3,(H,22,23,24). The SMILES string of the molecule is CC(Oc1ccc(C#N)cc1)C(=O)Nc1nc(-c2ccc(F)cc2)cs1. The van der Waals surface area contributed by atoms with Crippen molar-refractivity contribution < 1.29 is 13.9 Å². The maximum atomic E-state index is 13.0. The number of rotatable bonds is 5. The molecule has 26 heavy (non-hydrogen) atoms. The van der Waals surface area contributed by atoms with Gasteiger partial charge in [-0.25, -0.2) is 9.37 Å². The normalized spacial score (nSPS) is 11.4. The zero-order chi connectivity index (χ0) is 18.5. The third-order valence-electron chi connectivity index (χ3n) is 3.54. The first-order valence-electron chi connectivity index (χ1n) is 7.74. The molecular formula is C19H14FN3O2S. The topological polar surface area (TPSA) is 75.0 Å². The van der Waals surface area contributed by atoms with Crippen LogP contribution in [0.2, 0.25) is 0 Å². The van der Waals surface area contributed by atoms with E-state index >= 15 is 0 Å². The molecule has 0 bridgehead atoms. The van der Waals surface area contributed by atoms with E-state index in [9.17, 15) is 9.18 Å². The van der Waals surface area contributed by atoms with Gasteiger partial charge in [-0.05, 0) is 55.5 Å². The number of hydrogen-bond acceptors (Lipinski definition) is 5. The molecule has 0 aliphatic heterocycles. The number of anilines is 1. The number of carbonyl (C=O) groups is 1. The molecule has 1 heterocycles. The smallest absolute Gasteiger partial charge is 0.266 e. The number of amides is 1. The molecule has 0 aliphatic rings. The number of thiazole rings is 1. The van der Waals surface area contributed by atoms with Crippen LogP contribution in [0.25, 0.3) is 11.3 Å². The number of nitrogens with one attached hydrogen (secondary N) is 1. The fourth-order valence-corrected chi connectivity index (χ4v) is 2.88. The Morgan fingerprint density at radius 3 is 2.58 bits per heavy atom. The minimum Gasteiger partial charge on any atom is -0.481 e. The summed E-state index contributed by atoms with van der Waals surface area (Å²) in [6.07, 6.45) is -0.735. The summed E-state index contributed by atoms with van der Waals surface area (Å²) < 4.78 is 18.6. The minimum absolute atomic E-state index is 0.314. The summed E-state index contributed by atoms with van der Waals surface area (Å²) in [5, 5.41) is 13.7. The average molecular weight is 367 g/mol. The van der Waals surface area contributed by atoms with E-state index in [0.717, 1.165) is 5.56 Å². The number of nitriles is 1. The summed E-state index contributed by atoms with van der Waals surface area (Å²) in [5.74, 6) is -0.154. The molecule has 0 fully saturated rings. The number of carbonyl (C=O) groups excluding carboxylic acids is 1. The molecule has 7 heteroatoms. The van der Waals surface area contributed by atoms with Crippen LogP contribution in [0.5, 0.6) is 5.75 Å². The van der Waals surface area contributed by atoms with Crippen LogP contribution in [0, 0.1) is 17.1 Å². The summed E-state index contributed by atoms with van der Waals surface area (Å²) in [6, 6.07) is 14.5. The van der Waals surface area contributed by atoms with E-state index in [1.165, 1.54) is 23.5 Å². The van der Waals surface area contributed by atoms with Crippen LogP contribution in [-0.2, 0) is 4.79 Å². The van der Waals surface area contributed by atoms with E-state index in [0.29, 0.717) is 22.1 Å². The van der Waals surface area contributed by atoms with Crippen LogP contribution in [0.4, 0.5) is 9.52 Å². The second-order valence-electron chi connectivity index (χ2n) is 5.43. The molecule has 3 rings (SSSR count). The number of aromatic nitrogens is 1. The molecule has 1 atom stereocenters. The van der Waals surface area contributed by atoms with Gasteiger partial charge in [-0.3, -0.25) is 10.1 Å². The van der Waals surface area contributed by atoms with Crippen molar-refractivity contribution in [2.75, 3.05) is 5.32 Å². The number of hydrogen-bond donors (Lipinski definition) is 1. The molecule has 1 amide bonds. The molecule has 0 spiro atoms. The van der Waals surface area contributed by atoms with Crippen molar-refractivity contribution in [3.8, 4) is 23.1 Å². The van der Waals surface area contributed by atoms with Gasteiger partial charge >= 0.3 is 0 Å². The molecule has 5 nitrogen and oxygen atoms in total. The van der Waals surface area contributed by atoms with Crippen LogP contribution in [0.15, 0.2) is 53.9 Å². The van der Waals surface area contributed by atoms with Crippen molar-refractivity contribution in [3.05, 3.63) is 65.3 Å². The van der Waals surface area contributed by atoms with Gasteiger partial charge in [-0.15, -0.1) is 11.3 Å². The van der Waals surface area contributed by atoms with E-state index in [1.54, 1.807) is 48.7 Å². The van der Waals surface area contributed by atoms with E-state index in [1.807, 2.05) is 6.07 Å². The molecule has 2 aromatic carbocycles. The number of halogens is 1. The van der Waals surface area contributed by atoms with Crippen LogP contribution < -0.4 is 10.1 Å². The van der Waals surface area contributed by atoms with Gasteiger partial charge in [0.25, 0.3) is 5.91 Å². The van der Waals surface area contributed by atoms with Gasteiger partial charge in [0, 0.05) is 10.9 Å². The molecule has 3 aromatic rings. The molecule has 0 saturated carbocycles. The zero-order valence-corrected chi connectivity index (χ0v) is 14.6. The summed E-state index contributed by atoms with van der Waals surface area (Å²) in [6.45, 7) is 1.63. The first kappa shape index (κ1) is 17.6. The van der Waals surface area contributed by atoms with Crippen molar-refractivity contribution in [3.63, 3.8) is 0 Å². The van der Waals surface area contributed by atoms with E-state index in [-0.39, 0.29) is 11.7 Å². The largest absolute Gasteiger partial charge is 0.481 e. The lowest BCUT2D eigenvalue weighted by Gasteiger charge is -2.13. The number of nitrogens with zero attached hydrogens (tertiary/aromatic N) is 2. The Labute approximate surface area is 153 Å². The summed E-state index contributed by atoms with van der Waals surface area (Å²) in [5.41, 5.74) is 1.95. The van der Waals surface area contributed by atoms with Crippen molar-refractivity contribution in [1.82, 2.24) is 4.98 Å². The molecule has 0 aliphatic carbocycles. The highest BCUT2D eigenvalue weighted by Crippen LogP contribution is 2.25. The van der Waals surface area contributed by atoms with Crippen molar-refractivity contribution in [1.29, 1.82) is 5.26 Å². The minimum atomic E-state index is -0.735. The predicted molar refractivity (Wildman–Crippen MR) is 97.4 cm³/mol. The Kier molecular flexibility index (Phi) is 5.25. The molecule has 0 saturated heterocycles. The van der Waals surface area contributed by atoms with Gasteiger partial charge < -0.3 is 4.74 Å². The summed E-state index contributed by atoms with van der Waals surface area (Å²) in [4.78, 5) is 16.6. The molecule has 1 N–H and O–H groups in total. The van der Waals surface area contributed by atoms with Gasteiger partial charge in [0.2, 0.25) is 0 Å². The zero-order valence-electron chi connectivity index (χ0n) is 13.8. The fourth-order valence-electron chi connectivity index (χ4n) is 2.16. The van der Waals surface area contributed by atoms with Crippen molar-refractivity contribution in [2.24, 2.45) is 0 Å². The van der Waals surface area contributed by atoms with Crippen LogP contribution >= 0.6 is 11.3 Å². The van der Waals surface area contributed by atoms with E-state index in [4.69, 9.17) is 10.00 Å². The van der Waals surface area contributed by atoms with Gasteiger partial charge in [-0.2, -0.15) is 5.26 Å². The first-order chi connectivity index (χ1) is 12.5. The Bertz CT molecular complexity index is 946. The van der Waals surface area contributed by atoms with Gasteiger partial charge in [0.15, 0.2) is 11.2 Å². The second kappa shape index (κ2) is 7.76. The van der Waals surface area contributed by atoms with Crippen molar-refractivity contribution in [2.45, 2.75) is 13.0 Å². The second-order valence-corrected chi connectivity index (χ2v) is 6.29. The number of benzene rings is 2. The Morgan fingerprint density at radius 2 is 1.92 bits per heavy atom. The Morgan fingerprint density at radius 1 is 1.23 bits per heavy atom. The van der Waals surface area contributed by atoms with Crippen LogP contribution in [0.1, 0.15) is 12.5 Å². The molecule has 130 valence electrons. The molecular weight excluding hydrogens is 353 g/mol. The third kappa shape index (κ3) is 4.23. The van der Waals surface area contributed by atoms with Crippen LogP contribution in [0.3, 0.4) is 0 Å². The van der Waals surface area contributed by atoms with Crippen LogP contribution in [-0.4, -0.2) is 17.0 Å². The number of ether oxygens (including phenoxy) is 1. The lowest BCUT2D eigenvalue weighted by atomic mass is 10.2. The summed E-state index contributed by atoms with van der Waals surface area (Å²) >= 11 is 1.28. The maximum absolute atomic E-state index is 13.0. The van der Waals surface area contributed by atoms with Gasteiger partial charge in [0.1, 0.15) is 11.6 Å². The lowest BCUT2D eigenvalue weighted by Crippen LogP contribution is -2.30. The fraction of sp³-hybridized carbons (Fsp3) is 0.105. The van der Waals surface area contributed by atoms with Crippen molar-refractivity contribution >= 4 is 22.4 Å². The summed E-state index contributed by atoms with van der Waals surface area (Å²) in [7, 11) is 0. The monoisotopic (exact) mass is 367 g/mol. The quantitative estimate of drug-likeness (QED) is 0.732. The lowest BCUT2D eigenvalue weighted by molar-refractivity contribution is -0.122. The Hall–Kier alpha value is -3.24. The first-order valence-corrected chi connectivity index (χ1v) is 8.62. The van der Waals surface area contributed by atoms with Gasteiger partial charge in [0.05, 0.1) is 17.3 Å². The molecule has 0 radical (unpaired) electrons. The van der Waals surface area contributed by atoms with E-state index < -0.39 is 6.10 Å². The predicted octanol–water partition coefficient (Wildman–Crippen LogP) is 4.23. The average Bonchev–Trinajstić information content (AvgIpc) is 3.11. The third-order valence-corrected chi connectivity index (χ3v) is 4.30. The maximum Gasteiger partial charge on any atom is 0.266 e. The molecule has 1 aromatic heterocycles. The highest BCUT2D eigenvalue weighted by atomic mass is 32.1. The Balaban J connectivity index is 1.62. The highest BCUT2D eigenvalue weighted by Gasteiger charge is 2.16.